The number of anilines is 1. The van der Waals surface area contributed by atoms with E-state index in [1.807, 2.05) is 24.3 Å². The van der Waals surface area contributed by atoms with E-state index >= 15 is 0 Å². The number of nitrogens with one attached hydrogen (secondary N) is 1. The predicted molar refractivity (Wildman–Crippen MR) is 120 cm³/mol. The first-order valence-electron chi connectivity index (χ1n) is 9.36. The lowest BCUT2D eigenvalue weighted by Gasteiger charge is -2.07. The third-order valence-electron chi connectivity index (χ3n) is 4.31. The van der Waals surface area contributed by atoms with Crippen LogP contribution in [0, 0.1) is 0 Å². The maximum absolute atomic E-state index is 12.3. The Bertz CT molecular complexity index is 1290. The Balaban J connectivity index is 1.36. The number of amides is 1. The van der Waals surface area contributed by atoms with Crippen LogP contribution in [0.2, 0.25) is 5.02 Å². The largest absolute Gasteiger partial charge is 0.423 e. The molecule has 4 aromatic rings. The topological polar surface area (TPSA) is 81.2 Å². The van der Waals surface area contributed by atoms with Gasteiger partial charge >= 0.3 is 5.97 Å². The van der Waals surface area contributed by atoms with E-state index in [0.717, 1.165) is 11.0 Å². The van der Waals surface area contributed by atoms with Crippen LogP contribution in [0.1, 0.15) is 16.1 Å². The molecule has 0 aliphatic heterocycles. The van der Waals surface area contributed by atoms with Gasteiger partial charge in [-0.1, -0.05) is 35.9 Å². The van der Waals surface area contributed by atoms with Gasteiger partial charge in [-0.25, -0.2) is 9.78 Å². The van der Waals surface area contributed by atoms with Crippen LogP contribution in [0.4, 0.5) is 5.69 Å². The van der Waals surface area contributed by atoms with Crippen molar-refractivity contribution in [1.82, 2.24) is 9.97 Å². The quantitative estimate of drug-likeness (QED) is 0.269. The van der Waals surface area contributed by atoms with Gasteiger partial charge in [0, 0.05) is 11.8 Å². The van der Waals surface area contributed by atoms with Gasteiger partial charge in [-0.15, -0.1) is 0 Å². The third-order valence-corrected chi connectivity index (χ3v) is 4.64. The van der Waals surface area contributed by atoms with Crippen LogP contribution in [-0.4, -0.2) is 21.8 Å². The van der Waals surface area contributed by atoms with Crippen molar-refractivity contribution in [2.45, 2.75) is 0 Å². The first-order chi connectivity index (χ1) is 15.1. The SMILES string of the molecule is O=C(/C=C/c1cnc2ccccc2n1)Oc1ccc(NC(=O)c2ccccc2Cl)cc1. The number of fused-ring (bicyclic) bond motifs is 1. The first-order valence-corrected chi connectivity index (χ1v) is 9.74. The van der Waals surface area contributed by atoms with Gasteiger partial charge in [0.2, 0.25) is 0 Å². The zero-order valence-electron chi connectivity index (χ0n) is 16.2. The second-order valence-electron chi connectivity index (χ2n) is 6.50. The van der Waals surface area contributed by atoms with Crippen LogP contribution in [-0.2, 0) is 4.79 Å². The van der Waals surface area contributed by atoms with Crippen LogP contribution >= 0.6 is 11.6 Å². The van der Waals surface area contributed by atoms with Gasteiger partial charge in [0.25, 0.3) is 5.91 Å². The maximum atomic E-state index is 12.3. The molecule has 6 nitrogen and oxygen atoms in total. The molecule has 31 heavy (non-hydrogen) atoms. The minimum atomic E-state index is -0.553. The molecule has 1 aromatic heterocycles. The molecule has 7 heteroatoms. The molecular weight excluding hydrogens is 414 g/mol. The summed E-state index contributed by atoms with van der Waals surface area (Å²) >= 11 is 6.04. The summed E-state index contributed by atoms with van der Waals surface area (Å²) < 4.78 is 5.28. The Morgan fingerprint density at radius 2 is 1.61 bits per heavy atom. The fraction of sp³-hybridized carbons (Fsp3) is 0. The summed E-state index contributed by atoms with van der Waals surface area (Å²) in [5.41, 5.74) is 3.00. The van der Waals surface area contributed by atoms with Gasteiger partial charge in [0.05, 0.1) is 33.5 Å². The van der Waals surface area contributed by atoms with Crippen LogP contribution < -0.4 is 10.1 Å². The number of esters is 1. The molecule has 0 bridgehead atoms. The molecule has 0 saturated carbocycles. The number of nitrogens with zero attached hydrogens (tertiary/aromatic N) is 2. The molecule has 1 heterocycles. The first kappa shape index (κ1) is 20.3. The Hall–Kier alpha value is -4.03. The number of hydrogen-bond acceptors (Lipinski definition) is 5. The molecule has 0 saturated heterocycles. The molecule has 0 radical (unpaired) electrons. The van der Waals surface area contributed by atoms with Crippen molar-refractivity contribution < 1.29 is 14.3 Å². The van der Waals surface area contributed by atoms with Crippen LogP contribution in [0.5, 0.6) is 5.75 Å². The fourth-order valence-corrected chi connectivity index (χ4v) is 3.03. The molecule has 1 N–H and O–H groups in total. The van der Waals surface area contributed by atoms with Crippen molar-refractivity contribution in [2.24, 2.45) is 0 Å². The molecule has 0 aliphatic carbocycles. The summed E-state index contributed by atoms with van der Waals surface area (Å²) in [7, 11) is 0. The van der Waals surface area contributed by atoms with E-state index in [9.17, 15) is 9.59 Å². The minimum Gasteiger partial charge on any atom is -0.423 e. The number of ether oxygens (including phenoxy) is 1. The number of para-hydroxylation sites is 2. The molecule has 0 spiro atoms. The van der Waals surface area contributed by atoms with Crippen LogP contribution in [0.25, 0.3) is 17.1 Å². The second-order valence-corrected chi connectivity index (χ2v) is 6.90. The second kappa shape index (κ2) is 9.19. The van der Waals surface area contributed by atoms with Crippen molar-refractivity contribution in [3.8, 4) is 5.75 Å². The Morgan fingerprint density at radius 3 is 2.39 bits per heavy atom. The average molecular weight is 430 g/mol. The van der Waals surface area contributed by atoms with E-state index in [1.165, 1.54) is 6.08 Å². The van der Waals surface area contributed by atoms with Crippen LogP contribution in [0.3, 0.4) is 0 Å². The Kier molecular flexibility index (Phi) is 6.01. The number of hydrogen-bond donors (Lipinski definition) is 1. The average Bonchev–Trinajstić information content (AvgIpc) is 2.79. The van der Waals surface area contributed by atoms with E-state index in [2.05, 4.69) is 15.3 Å². The van der Waals surface area contributed by atoms with Gasteiger partial charge in [-0.05, 0) is 54.6 Å². The monoisotopic (exact) mass is 429 g/mol. The third kappa shape index (κ3) is 5.12. The van der Waals surface area contributed by atoms with E-state index < -0.39 is 5.97 Å². The number of benzene rings is 3. The predicted octanol–water partition coefficient (Wildman–Crippen LogP) is 5.15. The highest BCUT2D eigenvalue weighted by atomic mass is 35.5. The molecule has 1 amide bonds. The minimum absolute atomic E-state index is 0.324. The number of halogens is 1. The highest BCUT2D eigenvalue weighted by molar-refractivity contribution is 6.34. The highest BCUT2D eigenvalue weighted by Crippen LogP contribution is 2.20. The molecular formula is C24H16ClN3O3. The summed E-state index contributed by atoms with van der Waals surface area (Å²) in [6, 6.07) is 20.7. The van der Waals surface area contributed by atoms with Gasteiger partial charge < -0.3 is 10.1 Å². The van der Waals surface area contributed by atoms with Crippen molar-refractivity contribution in [2.75, 3.05) is 5.32 Å². The van der Waals surface area contributed by atoms with E-state index in [1.54, 1.807) is 60.8 Å². The summed E-state index contributed by atoms with van der Waals surface area (Å²) in [5, 5.41) is 3.12. The lowest BCUT2D eigenvalue weighted by Crippen LogP contribution is -2.12. The summed E-state index contributed by atoms with van der Waals surface area (Å²) in [6.45, 7) is 0. The van der Waals surface area contributed by atoms with Crippen molar-refractivity contribution in [3.05, 3.63) is 101 Å². The highest BCUT2D eigenvalue weighted by Gasteiger charge is 2.10. The molecule has 0 aliphatic rings. The van der Waals surface area contributed by atoms with Crippen molar-refractivity contribution >= 4 is 46.3 Å². The number of aromatic nitrogens is 2. The molecule has 152 valence electrons. The maximum Gasteiger partial charge on any atom is 0.336 e. The number of rotatable bonds is 5. The molecule has 0 fully saturated rings. The van der Waals surface area contributed by atoms with Crippen LogP contribution in [0.15, 0.2) is 85.1 Å². The van der Waals surface area contributed by atoms with E-state index in [0.29, 0.717) is 27.7 Å². The molecule has 4 rings (SSSR count). The summed E-state index contributed by atoms with van der Waals surface area (Å²) in [4.78, 5) is 33.1. The van der Waals surface area contributed by atoms with Gasteiger partial charge in [0.1, 0.15) is 5.75 Å². The van der Waals surface area contributed by atoms with Gasteiger partial charge in [-0.2, -0.15) is 0 Å². The summed E-state index contributed by atoms with van der Waals surface area (Å²) in [5.74, 6) is -0.535. The van der Waals surface area contributed by atoms with Crippen molar-refractivity contribution in [3.63, 3.8) is 0 Å². The Morgan fingerprint density at radius 1 is 0.903 bits per heavy atom. The number of carbonyl (C=O) groups is 2. The zero-order valence-corrected chi connectivity index (χ0v) is 16.9. The fourth-order valence-electron chi connectivity index (χ4n) is 2.81. The lowest BCUT2D eigenvalue weighted by molar-refractivity contribution is -0.128. The van der Waals surface area contributed by atoms with Crippen molar-refractivity contribution in [1.29, 1.82) is 0 Å². The van der Waals surface area contributed by atoms with E-state index in [-0.39, 0.29) is 5.91 Å². The standard InChI is InChI=1S/C24H16ClN3O3/c25-20-6-2-1-5-19(20)24(30)28-16-9-12-18(13-10-16)31-23(29)14-11-17-15-26-21-7-3-4-8-22(21)27-17/h1-15H,(H,28,30)/b14-11+. The molecule has 3 aromatic carbocycles. The van der Waals surface area contributed by atoms with Gasteiger partial charge in [0.15, 0.2) is 0 Å². The molecule has 0 atom stereocenters. The smallest absolute Gasteiger partial charge is 0.336 e. The lowest BCUT2D eigenvalue weighted by atomic mass is 10.2. The normalized spacial score (nSPS) is 10.9. The molecule has 0 unspecified atom stereocenters. The summed E-state index contributed by atoms with van der Waals surface area (Å²) in [6.07, 6.45) is 4.41. The van der Waals surface area contributed by atoms with E-state index in [4.69, 9.17) is 16.3 Å². The Labute approximate surface area is 183 Å². The zero-order chi connectivity index (χ0) is 21.6. The number of carbonyl (C=O) groups excluding carboxylic acids is 2. The van der Waals surface area contributed by atoms with Gasteiger partial charge in [-0.3, -0.25) is 9.78 Å².